The average molecular weight is 432 g/mol. The molecule has 0 aliphatic carbocycles. The fourth-order valence-electron chi connectivity index (χ4n) is 4.89. The van der Waals surface area contributed by atoms with Crippen molar-refractivity contribution in [2.75, 3.05) is 39.3 Å². The Balaban J connectivity index is 1.45. The van der Waals surface area contributed by atoms with Gasteiger partial charge in [0, 0.05) is 57.8 Å². The zero-order valence-electron chi connectivity index (χ0n) is 17.5. The molecule has 2 heterocycles. The molecule has 2 atom stereocenters. The van der Waals surface area contributed by atoms with E-state index in [0.717, 1.165) is 31.0 Å². The molecule has 4 rings (SSSR count). The smallest absolute Gasteiger partial charge is 0.332 e. The molecule has 166 valence electrons. The summed E-state index contributed by atoms with van der Waals surface area (Å²) in [5.41, 5.74) is 2.55. The van der Waals surface area contributed by atoms with Gasteiger partial charge in [0.05, 0.1) is 0 Å². The van der Waals surface area contributed by atoms with Gasteiger partial charge in [0.25, 0.3) is 0 Å². The molecule has 0 N–H and O–H groups in total. The fraction of sp³-hybridized carbons (Fsp3) is 0.458. The quantitative estimate of drug-likeness (QED) is 0.738. The Labute approximate surface area is 181 Å². The van der Waals surface area contributed by atoms with Crippen LogP contribution in [0.1, 0.15) is 23.5 Å². The van der Waals surface area contributed by atoms with Crippen molar-refractivity contribution in [1.29, 1.82) is 0 Å². The summed E-state index contributed by atoms with van der Waals surface area (Å²) < 4.78 is 38.3. The highest BCUT2D eigenvalue weighted by atomic mass is 19.4. The Bertz CT molecular complexity index is 851. The van der Waals surface area contributed by atoms with Crippen LogP contribution >= 0.6 is 0 Å². The molecular formula is C24H28F3N3O. The highest BCUT2D eigenvalue weighted by Gasteiger charge is 2.44. The normalized spacial score (nSPS) is 23.6. The Morgan fingerprint density at radius 1 is 0.871 bits per heavy atom. The zero-order chi connectivity index (χ0) is 21.8. The Kier molecular flexibility index (Phi) is 6.62. The van der Waals surface area contributed by atoms with Crippen molar-refractivity contribution in [1.82, 2.24) is 14.7 Å². The number of carbonyl (C=O) groups excluding carboxylic acids is 1. The summed E-state index contributed by atoms with van der Waals surface area (Å²) in [5.74, 6) is -1.44. The Morgan fingerprint density at radius 2 is 1.48 bits per heavy atom. The van der Waals surface area contributed by atoms with Crippen molar-refractivity contribution in [3.8, 4) is 0 Å². The van der Waals surface area contributed by atoms with Crippen molar-refractivity contribution < 1.29 is 18.0 Å². The van der Waals surface area contributed by atoms with Gasteiger partial charge in [-0.3, -0.25) is 14.6 Å². The van der Waals surface area contributed by atoms with Gasteiger partial charge in [-0.15, -0.1) is 0 Å². The summed E-state index contributed by atoms with van der Waals surface area (Å²) in [4.78, 5) is 17.3. The van der Waals surface area contributed by atoms with Gasteiger partial charge in [-0.2, -0.15) is 13.2 Å². The molecule has 2 aromatic rings. The standard InChI is InChI=1S/C24H28F3N3O/c25-24(26,27)23(31)30-15-13-29(14-16-30)22-11-12-28(17-19-7-3-1-4-8-19)18-21(22)20-9-5-2-6-10-20/h1-10,21-22H,11-18H2. The number of benzene rings is 2. The van der Waals surface area contributed by atoms with E-state index in [2.05, 4.69) is 46.2 Å². The molecule has 1 amide bonds. The van der Waals surface area contributed by atoms with E-state index in [0.29, 0.717) is 13.1 Å². The second kappa shape index (κ2) is 9.40. The lowest BCUT2D eigenvalue weighted by molar-refractivity contribution is -0.187. The monoisotopic (exact) mass is 431 g/mol. The van der Waals surface area contributed by atoms with Crippen LogP contribution in [0.2, 0.25) is 0 Å². The third-order valence-corrected chi connectivity index (χ3v) is 6.45. The summed E-state index contributed by atoms with van der Waals surface area (Å²) in [6.45, 7) is 3.97. The summed E-state index contributed by atoms with van der Waals surface area (Å²) in [7, 11) is 0. The minimum absolute atomic E-state index is 0.129. The van der Waals surface area contributed by atoms with Gasteiger partial charge < -0.3 is 4.90 Å². The van der Waals surface area contributed by atoms with Crippen LogP contribution in [0.3, 0.4) is 0 Å². The third kappa shape index (κ3) is 5.28. The van der Waals surface area contributed by atoms with Gasteiger partial charge >= 0.3 is 12.1 Å². The summed E-state index contributed by atoms with van der Waals surface area (Å²) in [6.07, 6.45) is -3.84. The van der Waals surface area contributed by atoms with E-state index in [-0.39, 0.29) is 25.0 Å². The van der Waals surface area contributed by atoms with Gasteiger partial charge in [0.2, 0.25) is 0 Å². The van der Waals surface area contributed by atoms with Gasteiger partial charge in [-0.05, 0) is 17.5 Å². The number of hydrogen-bond acceptors (Lipinski definition) is 3. The van der Waals surface area contributed by atoms with Crippen LogP contribution in [-0.2, 0) is 11.3 Å². The lowest BCUT2D eigenvalue weighted by Gasteiger charge is -2.47. The van der Waals surface area contributed by atoms with Crippen LogP contribution in [0.4, 0.5) is 13.2 Å². The first kappa shape index (κ1) is 21.8. The maximum atomic E-state index is 12.8. The van der Waals surface area contributed by atoms with Crippen LogP contribution in [0.15, 0.2) is 60.7 Å². The maximum Gasteiger partial charge on any atom is 0.471 e. The molecule has 0 aromatic heterocycles. The van der Waals surface area contributed by atoms with Gasteiger partial charge in [0.1, 0.15) is 0 Å². The summed E-state index contributed by atoms with van der Waals surface area (Å²) in [6, 6.07) is 21.1. The fourth-order valence-corrected chi connectivity index (χ4v) is 4.89. The molecule has 0 spiro atoms. The van der Waals surface area contributed by atoms with Crippen LogP contribution < -0.4 is 0 Å². The van der Waals surface area contributed by atoms with Crippen molar-refractivity contribution in [2.24, 2.45) is 0 Å². The number of hydrogen-bond donors (Lipinski definition) is 0. The minimum atomic E-state index is -4.79. The minimum Gasteiger partial charge on any atom is -0.332 e. The Hall–Kier alpha value is -2.38. The number of alkyl halides is 3. The number of nitrogens with zero attached hydrogens (tertiary/aromatic N) is 3. The second-order valence-electron chi connectivity index (χ2n) is 8.42. The van der Waals surface area contributed by atoms with E-state index in [1.165, 1.54) is 11.1 Å². The molecule has 2 unspecified atom stereocenters. The third-order valence-electron chi connectivity index (χ3n) is 6.45. The zero-order valence-corrected chi connectivity index (χ0v) is 17.5. The molecule has 2 aromatic carbocycles. The van der Waals surface area contributed by atoms with Crippen molar-refractivity contribution >= 4 is 5.91 Å². The number of rotatable bonds is 4. The predicted molar refractivity (Wildman–Crippen MR) is 114 cm³/mol. The molecule has 2 saturated heterocycles. The van der Waals surface area contributed by atoms with E-state index in [1.54, 1.807) is 0 Å². The van der Waals surface area contributed by atoms with E-state index in [4.69, 9.17) is 0 Å². The lowest BCUT2D eigenvalue weighted by Crippen LogP contribution is -2.58. The van der Waals surface area contributed by atoms with Crippen LogP contribution in [0.25, 0.3) is 0 Å². The number of likely N-dealkylation sites (tertiary alicyclic amines) is 1. The summed E-state index contributed by atoms with van der Waals surface area (Å²) >= 11 is 0. The largest absolute Gasteiger partial charge is 0.471 e. The molecule has 2 aliphatic heterocycles. The molecule has 7 heteroatoms. The van der Waals surface area contributed by atoms with Crippen molar-refractivity contribution in [3.05, 3.63) is 71.8 Å². The van der Waals surface area contributed by atoms with Crippen molar-refractivity contribution in [2.45, 2.75) is 31.1 Å². The number of piperazine rings is 1. The van der Waals surface area contributed by atoms with Gasteiger partial charge in [-0.1, -0.05) is 60.7 Å². The molecule has 4 nitrogen and oxygen atoms in total. The molecule has 2 aliphatic rings. The van der Waals surface area contributed by atoms with Crippen molar-refractivity contribution in [3.63, 3.8) is 0 Å². The van der Waals surface area contributed by atoms with E-state index >= 15 is 0 Å². The molecule has 0 radical (unpaired) electrons. The number of carbonyl (C=O) groups is 1. The first-order chi connectivity index (χ1) is 14.9. The highest BCUT2D eigenvalue weighted by Crippen LogP contribution is 2.32. The van der Waals surface area contributed by atoms with Crippen LogP contribution in [0.5, 0.6) is 0 Å². The van der Waals surface area contributed by atoms with Crippen LogP contribution in [-0.4, -0.2) is 72.1 Å². The molecule has 2 fully saturated rings. The number of halogens is 3. The number of amides is 1. The predicted octanol–water partition coefficient (Wildman–Crippen LogP) is 3.75. The van der Waals surface area contributed by atoms with E-state index in [1.807, 2.05) is 24.3 Å². The SMILES string of the molecule is O=C(N1CCN(C2CCN(Cc3ccccc3)CC2c2ccccc2)CC1)C(F)(F)F. The first-order valence-corrected chi connectivity index (χ1v) is 10.8. The van der Waals surface area contributed by atoms with E-state index < -0.39 is 12.1 Å². The highest BCUT2D eigenvalue weighted by molar-refractivity contribution is 5.81. The first-order valence-electron chi connectivity index (χ1n) is 10.8. The Morgan fingerprint density at radius 3 is 2.10 bits per heavy atom. The summed E-state index contributed by atoms with van der Waals surface area (Å²) in [5, 5.41) is 0. The molecule has 31 heavy (non-hydrogen) atoms. The molecule has 0 bridgehead atoms. The van der Waals surface area contributed by atoms with Gasteiger partial charge in [0.15, 0.2) is 0 Å². The van der Waals surface area contributed by atoms with Gasteiger partial charge in [-0.25, -0.2) is 0 Å². The molecular weight excluding hydrogens is 403 g/mol. The average Bonchev–Trinajstić information content (AvgIpc) is 2.79. The maximum absolute atomic E-state index is 12.8. The molecule has 0 saturated carbocycles. The second-order valence-corrected chi connectivity index (χ2v) is 8.42. The lowest BCUT2D eigenvalue weighted by atomic mass is 9.84. The van der Waals surface area contributed by atoms with E-state index in [9.17, 15) is 18.0 Å². The van der Waals surface area contributed by atoms with Crippen LogP contribution in [0, 0.1) is 0 Å². The number of piperidine rings is 1. The topological polar surface area (TPSA) is 26.8 Å².